The zero-order valence-electron chi connectivity index (χ0n) is 14.2. The Morgan fingerprint density at radius 3 is 2.65 bits per heavy atom. The minimum atomic E-state index is -0.959. The number of nitro benzene ring substituents is 1. The predicted octanol–water partition coefficient (Wildman–Crippen LogP) is 2.40. The number of ether oxygens (including phenoxy) is 3. The number of nitro groups is 1. The third-order valence-corrected chi connectivity index (χ3v) is 4.22. The van der Waals surface area contributed by atoms with Gasteiger partial charge in [0, 0.05) is 18.3 Å². The fourth-order valence-electron chi connectivity index (χ4n) is 2.97. The molecule has 0 aromatic heterocycles. The van der Waals surface area contributed by atoms with E-state index in [0.29, 0.717) is 6.54 Å². The second kappa shape index (κ2) is 7.42. The second-order valence-corrected chi connectivity index (χ2v) is 5.78. The summed E-state index contributed by atoms with van der Waals surface area (Å²) in [5.74, 6) is -0.910. The van der Waals surface area contributed by atoms with Crippen molar-refractivity contribution in [3.05, 3.63) is 39.6 Å². The van der Waals surface area contributed by atoms with Gasteiger partial charge in [-0.2, -0.15) is 0 Å². The Kier molecular flexibility index (Phi) is 5.06. The number of likely N-dealkylation sites (N-methyl/N-ethyl adjacent to an activating group) is 1. The van der Waals surface area contributed by atoms with Crippen molar-refractivity contribution in [2.45, 2.75) is 26.2 Å². The van der Waals surface area contributed by atoms with Crippen molar-refractivity contribution in [3.8, 4) is 11.5 Å². The number of fused-ring (bicyclic) bond motifs is 1. The van der Waals surface area contributed by atoms with Crippen LogP contribution in [0.15, 0.2) is 23.9 Å². The van der Waals surface area contributed by atoms with Crippen LogP contribution in [0.3, 0.4) is 0 Å². The van der Waals surface area contributed by atoms with Crippen LogP contribution in [0.5, 0.6) is 11.5 Å². The molecule has 1 aliphatic heterocycles. The lowest BCUT2D eigenvalue weighted by atomic mass is 10.1. The lowest BCUT2D eigenvalue weighted by Crippen LogP contribution is -2.33. The van der Waals surface area contributed by atoms with Crippen molar-refractivity contribution in [1.29, 1.82) is 0 Å². The van der Waals surface area contributed by atoms with E-state index in [0.717, 1.165) is 31.0 Å². The minimum Gasteiger partial charge on any atom is -0.454 e. The summed E-state index contributed by atoms with van der Waals surface area (Å²) in [6, 6.07) is 2.31. The van der Waals surface area contributed by atoms with E-state index in [2.05, 4.69) is 0 Å². The van der Waals surface area contributed by atoms with E-state index in [1.54, 1.807) is 4.90 Å². The summed E-state index contributed by atoms with van der Waals surface area (Å²) in [4.78, 5) is 36.7. The maximum atomic E-state index is 12.3. The van der Waals surface area contributed by atoms with Crippen molar-refractivity contribution < 1.29 is 28.7 Å². The Hall–Kier alpha value is -3.10. The molecular formula is C17H18N2O7. The second-order valence-electron chi connectivity index (χ2n) is 5.78. The van der Waals surface area contributed by atoms with Gasteiger partial charge in [0.2, 0.25) is 6.79 Å². The van der Waals surface area contributed by atoms with Crippen LogP contribution >= 0.6 is 0 Å². The van der Waals surface area contributed by atoms with Gasteiger partial charge in [0.25, 0.3) is 11.6 Å². The molecule has 1 aromatic rings. The average molecular weight is 362 g/mol. The van der Waals surface area contributed by atoms with Crippen LogP contribution in [0.2, 0.25) is 0 Å². The molecule has 1 aliphatic carbocycles. The van der Waals surface area contributed by atoms with Gasteiger partial charge in [-0.3, -0.25) is 14.9 Å². The van der Waals surface area contributed by atoms with Crippen molar-refractivity contribution in [2.75, 3.05) is 19.9 Å². The zero-order chi connectivity index (χ0) is 18.7. The smallest absolute Gasteiger partial charge is 0.345 e. The number of esters is 1. The van der Waals surface area contributed by atoms with E-state index in [-0.39, 0.29) is 29.8 Å². The fourth-order valence-corrected chi connectivity index (χ4v) is 2.97. The molecular weight excluding hydrogens is 344 g/mol. The zero-order valence-corrected chi connectivity index (χ0v) is 14.2. The molecule has 1 aromatic carbocycles. The van der Waals surface area contributed by atoms with E-state index in [9.17, 15) is 19.7 Å². The minimum absolute atomic E-state index is 0.0793. The van der Waals surface area contributed by atoms with E-state index >= 15 is 0 Å². The average Bonchev–Trinajstić information content (AvgIpc) is 3.30. The number of hydrogen-bond acceptors (Lipinski definition) is 7. The molecule has 0 spiro atoms. The van der Waals surface area contributed by atoms with E-state index in [4.69, 9.17) is 14.2 Å². The van der Waals surface area contributed by atoms with Crippen molar-refractivity contribution in [1.82, 2.24) is 4.90 Å². The van der Waals surface area contributed by atoms with Crippen LogP contribution in [0, 0.1) is 10.1 Å². The Bertz CT molecular complexity index is 788. The summed E-state index contributed by atoms with van der Waals surface area (Å²) in [5, 5.41) is 11.2. The number of carbonyl (C=O) groups excluding carboxylic acids is 2. The van der Waals surface area contributed by atoms with Gasteiger partial charge in [-0.05, 0) is 26.2 Å². The first-order chi connectivity index (χ1) is 12.5. The molecule has 26 heavy (non-hydrogen) atoms. The Labute approximate surface area is 149 Å². The van der Waals surface area contributed by atoms with Gasteiger partial charge in [-0.1, -0.05) is 6.08 Å². The van der Waals surface area contributed by atoms with Crippen LogP contribution in [-0.2, 0) is 9.53 Å². The van der Waals surface area contributed by atoms with E-state index in [1.807, 2.05) is 13.0 Å². The van der Waals surface area contributed by atoms with Gasteiger partial charge in [0.15, 0.2) is 18.1 Å². The van der Waals surface area contributed by atoms with Gasteiger partial charge in [-0.25, -0.2) is 4.79 Å². The summed E-state index contributed by atoms with van der Waals surface area (Å²) >= 11 is 0. The Morgan fingerprint density at radius 2 is 2.04 bits per heavy atom. The van der Waals surface area contributed by atoms with Crippen LogP contribution < -0.4 is 9.47 Å². The number of hydrogen-bond donors (Lipinski definition) is 0. The number of rotatable bonds is 6. The van der Waals surface area contributed by atoms with Gasteiger partial charge >= 0.3 is 5.97 Å². The normalized spacial score (nSPS) is 14.7. The molecule has 0 unspecified atom stereocenters. The molecule has 138 valence electrons. The third kappa shape index (κ3) is 3.46. The lowest BCUT2D eigenvalue weighted by Gasteiger charge is -2.22. The third-order valence-electron chi connectivity index (χ3n) is 4.22. The molecule has 0 saturated carbocycles. The number of carbonyl (C=O) groups is 2. The predicted molar refractivity (Wildman–Crippen MR) is 88.8 cm³/mol. The molecule has 9 heteroatoms. The molecule has 0 radical (unpaired) electrons. The highest BCUT2D eigenvalue weighted by atomic mass is 16.7. The molecule has 0 bridgehead atoms. The molecule has 0 N–H and O–H groups in total. The summed E-state index contributed by atoms with van der Waals surface area (Å²) in [7, 11) is 0. The Morgan fingerprint density at radius 1 is 1.31 bits per heavy atom. The molecule has 0 fully saturated rings. The molecule has 3 rings (SSSR count). The summed E-state index contributed by atoms with van der Waals surface area (Å²) in [5.41, 5.74) is 0.176. The fraction of sp³-hybridized carbons (Fsp3) is 0.412. The van der Waals surface area contributed by atoms with Crippen LogP contribution in [0.25, 0.3) is 0 Å². The van der Waals surface area contributed by atoms with Gasteiger partial charge in [0.05, 0.1) is 11.0 Å². The summed E-state index contributed by atoms with van der Waals surface area (Å²) < 4.78 is 15.2. The molecule has 2 aliphatic rings. The van der Waals surface area contributed by atoms with Crippen LogP contribution in [-0.4, -0.2) is 41.6 Å². The first kappa shape index (κ1) is 17.7. The number of amides is 1. The maximum absolute atomic E-state index is 12.3. The summed E-state index contributed by atoms with van der Waals surface area (Å²) in [6.45, 7) is 1.73. The van der Waals surface area contributed by atoms with Gasteiger partial charge in [-0.15, -0.1) is 0 Å². The molecule has 1 heterocycles. The van der Waals surface area contributed by atoms with Gasteiger partial charge < -0.3 is 19.1 Å². The first-order valence-corrected chi connectivity index (χ1v) is 8.25. The lowest BCUT2D eigenvalue weighted by molar-refractivity contribution is -0.385. The highest BCUT2D eigenvalue weighted by molar-refractivity contribution is 5.96. The number of benzene rings is 1. The topological polar surface area (TPSA) is 108 Å². The van der Waals surface area contributed by atoms with Crippen molar-refractivity contribution >= 4 is 17.6 Å². The highest BCUT2D eigenvalue weighted by Crippen LogP contribution is 2.38. The van der Waals surface area contributed by atoms with Crippen LogP contribution in [0.4, 0.5) is 5.69 Å². The SMILES string of the molecule is CCN(C(=O)COC(=O)c1cc2c(cc1[N+](=O)[O-])OCO2)C1=CCCC1. The van der Waals surface area contributed by atoms with Gasteiger partial charge in [0.1, 0.15) is 5.56 Å². The highest BCUT2D eigenvalue weighted by Gasteiger charge is 2.29. The monoisotopic (exact) mass is 362 g/mol. The quantitative estimate of drug-likeness (QED) is 0.434. The standard InChI is InChI=1S/C17H18N2O7/c1-2-18(11-5-3-4-6-11)16(20)9-24-17(21)12-7-14-15(26-10-25-14)8-13(12)19(22)23/h5,7-8H,2-4,6,9-10H2,1H3. The van der Waals surface area contributed by atoms with E-state index in [1.165, 1.54) is 6.07 Å². The largest absolute Gasteiger partial charge is 0.454 e. The molecule has 0 atom stereocenters. The number of nitrogens with zero attached hydrogens (tertiary/aromatic N) is 2. The Balaban J connectivity index is 1.72. The van der Waals surface area contributed by atoms with E-state index < -0.39 is 23.2 Å². The molecule has 0 saturated heterocycles. The van der Waals surface area contributed by atoms with Crippen LogP contribution in [0.1, 0.15) is 36.5 Å². The molecule has 9 nitrogen and oxygen atoms in total. The first-order valence-electron chi connectivity index (χ1n) is 8.25. The maximum Gasteiger partial charge on any atom is 0.345 e. The van der Waals surface area contributed by atoms with Crippen molar-refractivity contribution in [3.63, 3.8) is 0 Å². The molecule has 1 amide bonds. The van der Waals surface area contributed by atoms with Crippen molar-refractivity contribution in [2.24, 2.45) is 0 Å². The summed E-state index contributed by atoms with van der Waals surface area (Å²) in [6.07, 6.45) is 4.71. The number of allylic oxidation sites excluding steroid dienone is 2.